The van der Waals surface area contributed by atoms with Crippen molar-refractivity contribution < 1.29 is 4.79 Å². The minimum atomic E-state index is 0.0959. The normalized spacial score (nSPS) is 10.9. The molecule has 4 rings (SSSR count). The van der Waals surface area contributed by atoms with Gasteiger partial charge in [-0.25, -0.2) is 0 Å². The van der Waals surface area contributed by atoms with Crippen molar-refractivity contribution >= 4 is 39.7 Å². The van der Waals surface area contributed by atoms with Crippen LogP contribution in [0.3, 0.4) is 0 Å². The molecule has 7 heteroatoms. The lowest BCUT2D eigenvalue weighted by Gasteiger charge is -2.09. The van der Waals surface area contributed by atoms with Gasteiger partial charge in [0.25, 0.3) is 0 Å². The zero-order valence-corrected chi connectivity index (χ0v) is 18.7. The largest absolute Gasteiger partial charge is 0.330 e. The molecule has 2 aromatic heterocycles. The lowest BCUT2D eigenvalue weighted by Crippen LogP contribution is -2.05. The van der Waals surface area contributed by atoms with E-state index in [2.05, 4.69) is 27.0 Å². The number of carbonyl (C=O) groups is 1. The Hall–Kier alpha value is -2.90. The molecule has 1 N–H and O–H groups in total. The van der Waals surface area contributed by atoms with Gasteiger partial charge in [-0.3, -0.25) is 4.79 Å². The van der Waals surface area contributed by atoms with Crippen LogP contribution in [-0.4, -0.2) is 26.3 Å². The van der Waals surface area contributed by atoms with Crippen LogP contribution in [0.4, 0.5) is 10.8 Å². The van der Waals surface area contributed by atoms with E-state index in [1.807, 2.05) is 74.5 Å². The molecule has 152 valence electrons. The summed E-state index contributed by atoms with van der Waals surface area (Å²) in [6.45, 7) is 6.07. The molecule has 2 heterocycles. The molecular formula is C23H22N4OS2. The van der Waals surface area contributed by atoms with Crippen molar-refractivity contribution in [3.05, 3.63) is 83.2 Å². The van der Waals surface area contributed by atoms with Crippen LogP contribution in [0.1, 0.15) is 27.3 Å². The van der Waals surface area contributed by atoms with Gasteiger partial charge in [0.15, 0.2) is 10.1 Å². The number of anilines is 2. The van der Waals surface area contributed by atoms with Crippen LogP contribution in [0.2, 0.25) is 0 Å². The summed E-state index contributed by atoms with van der Waals surface area (Å²) in [6.07, 6.45) is 0. The number of hydrogen-bond acceptors (Lipinski definition) is 6. The third kappa shape index (κ3) is 4.47. The van der Waals surface area contributed by atoms with Crippen LogP contribution in [-0.2, 0) is 0 Å². The molecule has 0 saturated heterocycles. The highest BCUT2D eigenvalue weighted by Crippen LogP contribution is 2.29. The van der Waals surface area contributed by atoms with Crippen molar-refractivity contribution in [1.82, 2.24) is 14.8 Å². The first-order valence-corrected chi connectivity index (χ1v) is 11.4. The van der Waals surface area contributed by atoms with Crippen LogP contribution in [0.25, 0.3) is 5.69 Å². The summed E-state index contributed by atoms with van der Waals surface area (Å²) in [6, 6.07) is 20.2. The maximum absolute atomic E-state index is 12.9. The predicted molar refractivity (Wildman–Crippen MR) is 125 cm³/mol. The topological polar surface area (TPSA) is 59.8 Å². The lowest BCUT2D eigenvalue weighted by atomic mass is 10.2. The highest BCUT2D eigenvalue weighted by atomic mass is 32.2. The van der Waals surface area contributed by atoms with Crippen LogP contribution < -0.4 is 5.32 Å². The van der Waals surface area contributed by atoms with Gasteiger partial charge in [-0.05, 0) is 51.1 Å². The number of benzene rings is 2. The average molecular weight is 435 g/mol. The smallest absolute Gasteiger partial charge is 0.210 e. The maximum atomic E-state index is 12.9. The maximum Gasteiger partial charge on any atom is 0.210 e. The summed E-state index contributed by atoms with van der Waals surface area (Å²) < 4.78 is 2.89. The van der Waals surface area contributed by atoms with Gasteiger partial charge < -0.3 is 9.88 Å². The van der Waals surface area contributed by atoms with Gasteiger partial charge in [0.2, 0.25) is 5.13 Å². The van der Waals surface area contributed by atoms with Crippen LogP contribution >= 0.6 is 23.1 Å². The number of nitrogens with one attached hydrogen (secondary N) is 1. The Morgan fingerprint density at radius 2 is 1.77 bits per heavy atom. The molecule has 0 saturated carbocycles. The molecule has 30 heavy (non-hydrogen) atoms. The Kier molecular flexibility index (Phi) is 6.01. The molecule has 0 bridgehead atoms. The molecule has 0 amide bonds. The van der Waals surface area contributed by atoms with Crippen molar-refractivity contribution in [3.63, 3.8) is 0 Å². The molecule has 0 aliphatic rings. The Morgan fingerprint density at radius 1 is 1.03 bits per heavy atom. The molecule has 0 atom stereocenters. The minimum absolute atomic E-state index is 0.0959. The fourth-order valence-corrected chi connectivity index (χ4v) is 4.96. The Bertz CT molecular complexity index is 1160. The number of aromatic nitrogens is 3. The molecule has 0 aliphatic carbocycles. The Labute approximate surface area is 184 Å². The number of thioether (sulfide) groups is 1. The highest BCUT2D eigenvalue weighted by Gasteiger charge is 2.17. The van der Waals surface area contributed by atoms with Crippen molar-refractivity contribution in [2.45, 2.75) is 25.1 Å². The highest BCUT2D eigenvalue weighted by molar-refractivity contribution is 8.01. The second kappa shape index (κ2) is 8.85. The summed E-state index contributed by atoms with van der Waals surface area (Å²) in [4.78, 5) is 12.9. The zero-order valence-electron chi connectivity index (χ0n) is 17.0. The van der Waals surface area contributed by atoms with Crippen molar-refractivity contribution in [3.8, 4) is 5.69 Å². The minimum Gasteiger partial charge on any atom is -0.330 e. The third-order valence-electron chi connectivity index (χ3n) is 4.78. The van der Waals surface area contributed by atoms with Gasteiger partial charge in [-0.2, -0.15) is 0 Å². The van der Waals surface area contributed by atoms with E-state index in [-0.39, 0.29) is 5.78 Å². The zero-order chi connectivity index (χ0) is 21.1. The van der Waals surface area contributed by atoms with Gasteiger partial charge in [0, 0.05) is 28.3 Å². The summed E-state index contributed by atoms with van der Waals surface area (Å²) >= 11 is 2.87. The number of rotatable bonds is 7. The summed E-state index contributed by atoms with van der Waals surface area (Å²) in [7, 11) is 0. The number of carbonyl (C=O) groups excluding carboxylic acids is 1. The van der Waals surface area contributed by atoms with Gasteiger partial charge in [0.05, 0.1) is 5.75 Å². The fourth-order valence-electron chi connectivity index (χ4n) is 3.30. The first-order chi connectivity index (χ1) is 14.5. The van der Waals surface area contributed by atoms with E-state index in [0.717, 1.165) is 37.8 Å². The summed E-state index contributed by atoms with van der Waals surface area (Å²) in [5.41, 5.74) is 6.01. The van der Waals surface area contributed by atoms with Gasteiger partial charge in [0.1, 0.15) is 0 Å². The van der Waals surface area contributed by atoms with Gasteiger partial charge >= 0.3 is 0 Å². The predicted octanol–water partition coefficient (Wildman–Crippen LogP) is 5.97. The molecule has 5 nitrogen and oxygen atoms in total. The van der Waals surface area contributed by atoms with E-state index in [0.29, 0.717) is 5.75 Å². The number of ketones is 1. The van der Waals surface area contributed by atoms with E-state index < -0.39 is 0 Å². The molecule has 0 aliphatic heterocycles. The average Bonchev–Trinajstić information content (AvgIpc) is 3.32. The Morgan fingerprint density at radius 3 is 2.50 bits per heavy atom. The molecule has 0 unspecified atom stereocenters. The summed E-state index contributed by atoms with van der Waals surface area (Å²) in [5, 5.41) is 12.4. The second-order valence-electron chi connectivity index (χ2n) is 7.03. The molecular weight excluding hydrogens is 412 g/mol. The number of aryl methyl sites for hydroxylation is 2. The Balaban J connectivity index is 1.42. The van der Waals surface area contributed by atoms with Gasteiger partial charge in [-0.15, -0.1) is 10.2 Å². The molecule has 0 fully saturated rings. The summed E-state index contributed by atoms with van der Waals surface area (Å²) in [5.74, 6) is 0.427. The fraction of sp³-hybridized carbons (Fsp3) is 0.174. The quantitative estimate of drug-likeness (QED) is 0.287. The van der Waals surface area contributed by atoms with Gasteiger partial charge in [-0.1, -0.05) is 59.0 Å². The van der Waals surface area contributed by atoms with Crippen LogP contribution in [0, 0.1) is 20.8 Å². The SMILES string of the molecule is Cc1ccc(Nc2nnc(SCC(=O)c3cc(C)n(-c4ccccc4)c3C)s2)cc1. The van der Waals surface area contributed by atoms with E-state index in [9.17, 15) is 4.79 Å². The van der Waals surface area contributed by atoms with Crippen LogP contribution in [0.15, 0.2) is 65.0 Å². The number of Topliss-reactive ketones (excluding diaryl/α,β-unsaturated/α-hetero) is 1. The number of para-hydroxylation sites is 1. The van der Waals surface area contributed by atoms with E-state index in [1.165, 1.54) is 28.7 Å². The van der Waals surface area contributed by atoms with E-state index in [1.54, 1.807) is 0 Å². The third-order valence-corrected chi connectivity index (χ3v) is 6.75. The number of nitrogens with zero attached hydrogens (tertiary/aromatic N) is 3. The molecule has 4 aromatic rings. The standard InChI is InChI=1S/C23H22N4OS2/c1-15-9-11-18(12-10-15)24-22-25-26-23(30-22)29-14-21(28)20-13-16(2)27(17(20)3)19-7-5-4-6-8-19/h4-13H,14H2,1-3H3,(H,24,25). The monoisotopic (exact) mass is 434 g/mol. The first-order valence-electron chi connectivity index (χ1n) is 9.59. The molecule has 0 radical (unpaired) electrons. The first kappa shape index (κ1) is 20.4. The van der Waals surface area contributed by atoms with E-state index >= 15 is 0 Å². The lowest BCUT2D eigenvalue weighted by molar-refractivity contribution is 0.102. The van der Waals surface area contributed by atoms with Crippen molar-refractivity contribution in [1.29, 1.82) is 0 Å². The molecule has 0 spiro atoms. The van der Waals surface area contributed by atoms with E-state index in [4.69, 9.17) is 0 Å². The number of hydrogen-bond donors (Lipinski definition) is 1. The second-order valence-corrected chi connectivity index (χ2v) is 9.23. The van der Waals surface area contributed by atoms with Crippen LogP contribution in [0.5, 0.6) is 0 Å². The molecule has 2 aromatic carbocycles. The van der Waals surface area contributed by atoms with Crippen molar-refractivity contribution in [2.75, 3.05) is 11.1 Å². The van der Waals surface area contributed by atoms with Crippen molar-refractivity contribution in [2.24, 2.45) is 0 Å².